The van der Waals surface area contributed by atoms with Crippen LogP contribution in [0.4, 0.5) is 0 Å². The minimum atomic E-state index is -0.419. The molecule has 1 aromatic rings. The summed E-state index contributed by atoms with van der Waals surface area (Å²) in [6, 6.07) is 10.1. The third-order valence-corrected chi connectivity index (χ3v) is 3.89. The fourth-order valence-corrected chi connectivity index (χ4v) is 2.84. The first-order valence-corrected chi connectivity index (χ1v) is 7.87. The molecule has 1 aliphatic carbocycles. The fourth-order valence-electron chi connectivity index (χ4n) is 2.84. The van der Waals surface area contributed by atoms with Crippen molar-refractivity contribution < 1.29 is 9.84 Å². The van der Waals surface area contributed by atoms with Gasteiger partial charge in [-0.3, -0.25) is 0 Å². The molecule has 0 spiro atoms. The number of nitrogens with zero attached hydrogens (tertiary/aromatic N) is 1. The maximum Gasteiger partial charge on any atom is 0.0900 e. The third kappa shape index (κ3) is 6.42. The lowest BCUT2D eigenvalue weighted by molar-refractivity contribution is 0.0117. The molecule has 3 nitrogen and oxygen atoms in total. The lowest BCUT2D eigenvalue weighted by Gasteiger charge is -2.26. The summed E-state index contributed by atoms with van der Waals surface area (Å²) < 4.78 is 5.58. The monoisotopic (exact) mass is 289 g/mol. The van der Waals surface area contributed by atoms with Gasteiger partial charge in [-0.2, -0.15) is 0 Å². The van der Waals surface area contributed by atoms with Crippen molar-refractivity contribution in [2.75, 3.05) is 26.7 Å². The van der Waals surface area contributed by atoms with E-state index in [4.69, 9.17) is 4.74 Å². The summed E-state index contributed by atoms with van der Waals surface area (Å²) in [5, 5.41) is 10.0. The average Bonchev–Trinajstić information content (AvgIpc) is 2.49. The molecule has 1 N–H and O–H groups in total. The quantitative estimate of drug-likeness (QED) is 0.747. The Bertz CT molecular complexity index is 418. The summed E-state index contributed by atoms with van der Waals surface area (Å²) in [7, 11) is 2.08. The zero-order valence-corrected chi connectivity index (χ0v) is 12.9. The lowest BCUT2D eigenvalue weighted by Crippen LogP contribution is -2.35. The van der Waals surface area contributed by atoms with Gasteiger partial charge >= 0.3 is 0 Å². The first kappa shape index (κ1) is 16.2. The Morgan fingerprint density at radius 2 is 2.10 bits per heavy atom. The number of hydrogen-bond acceptors (Lipinski definition) is 3. The Morgan fingerprint density at radius 3 is 2.81 bits per heavy atom. The number of likely N-dealkylation sites (N-methyl/N-ethyl adjacent to an activating group) is 1. The van der Waals surface area contributed by atoms with Gasteiger partial charge in [-0.15, -0.1) is 0 Å². The predicted octanol–water partition coefficient (Wildman–Crippen LogP) is 2.85. The number of ether oxygens (including phenoxy) is 1. The number of benzene rings is 1. The van der Waals surface area contributed by atoms with E-state index in [0.717, 1.165) is 18.0 Å². The van der Waals surface area contributed by atoms with Gasteiger partial charge in [-0.1, -0.05) is 42.5 Å². The van der Waals surface area contributed by atoms with Gasteiger partial charge in [0.05, 0.1) is 19.3 Å². The van der Waals surface area contributed by atoms with Crippen molar-refractivity contribution in [3.05, 3.63) is 48.0 Å². The summed E-state index contributed by atoms with van der Waals surface area (Å²) in [5.74, 6) is 0.734. The highest BCUT2D eigenvalue weighted by Gasteiger charge is 2.15. The molecule has 1 aromatic carbocycles. The van der Waals surface area contributed by atoms with Crippen LogP contribution >= 0.6 is 0 Å². The van der Waals surface area contributed by atoms with Gasteiger partial charge in [-0.05, 0) is 37.8 Å². The van der Waals surface area contributed by atoms with Crippen LogP contribution in [0.25, 0.3) is 0 Å². The van der Waals surface area contributed by atoms with E-state index in [2.05, 4.69) is 24.1 Å². The molecule has 0 fully saturated rings. The van der Waals surface area contributed by atoms with Gasteiger partial charge < -0.3 is 14.7 Å². The molecule has 3 heteroatoms. The second kappa shape index (κ2) is 8.98. The number of allylic oxidation sites excluding steroid dienone is 2. The van der Waals surface area contributed by atoms with Crippen LogP contribution in [-0.2, 0) is 11.3 Å². The molecule has 0 bridgehead atoms. The lowest BCUT2D eigenvalue weighted by atomic mass is 9.94. The molecule has 116 valence electrons. The van der Waals surface area contributed by atoms with Crippen LogP contribution in [0.1, 0.15) is 24.8 Å². The van der Waals surface area contributed by atoms with Crippen molar-refractivity contribution in [2.45, 2.75) is 32.0 Å². The molecular weight excluding hydrogens is 262 g/mol. The van der Waals surface area contributed by atoms with E-state index in [-0.39, 0.29) is 0 Å². The predicted molar refractivity (Wildman–Crippen MR) is 86.1 cm³/mol. The fraction of sp³-hybridized carbons (Fsp3) is 0.556. The van der Waals surface area contributed by atoms with E-state index < -0.39 is 6.10 Å². The van der Waals surface area contributed by atoms with Gasteiger partial charge in [0.1, 0.15) is 0 Å². The molecule has 0 saturated carbocycles. The topological polar surface area (TPSA) is 32.7 Å². The highest BCUT2D eigenvalue weighted by atomic mass is 16.5. The number of rotatable bonds is 8. The van der Waals surface area contributed by atoms with Crippen molar-refractivity contribution in [2.24, 2.45) is 5.92 Å². The molecule has 0 radical (unpaired) electrons. The van der Waals surface area contributed by atoms with Gasteiger partial charge in [0, 0.05) is 13.1 Å². The smallest absolute Gasteiger partial charge is 0.0900 e. The Morgan fingerprint density at radius 1 is 1.29 bits per heavy atom. The highest BCUT2D eigenvalue weighted by Crippen LogP contribution is 2.18. The molecule has 0 aromatic heterocycles. The molecule has 2 atom stereocenters. The summed E-state index contributed by atoms with van der Waals surface area (Å²) in [5.41, 5.74) is 1.15. The van der Waals surface area contributed by atoms with Crippen LogP contribution in [0.3, 0.4) is 0 Å². The SMILES string of the molecule is CN(CC(O)COCc1ccccc1)CC1CC=CCC1. The molecule has 2 unspecified atom stereocenters. The van der Waals surface area contributed by atoms with E-state index >= 15 is 0 Å². The van der Waals surface area contributed by atoms with Crippen molar-refractivity contribution in [1.29, 1.82) is 0 Å². The van der Waals surface area contributed by atoms with Crippen molar-refractivity contribution in [3.63, 3.8) is 0 Å². The van der Waals surface area contributed by atoms with Crippen molar-refractivity contribution in [3.8, 4) is 0 Å². The van der Waals surface area contributed by atoms with Gasteiger partial charge in [-0.25, -0.2) is 0 Å². The van der Waals surface area contributed by atoms with Gasteiger partial charge in [0.15, 0.2) is 0 Å². The van der Waals surface area contributed by atoms with Crippen LogP contribution in [0.5, 0.6) is 0 Å². The van der Waals surface area contributed by atoms with E-state index in [1.807, 2.05) is 30.3 Å². The normalized spacial score (nSPS) is 19.9. The molecule has 0 saturated heterocycles. The zero-order valence-electron chi connectivity index (χ0n) is 12.9. The molecule has 2 rings (SSSR count). The molecular formula is C18H27NO2. The summed E-state index contributed by atoms with van der Waals surface area (Å²) >= 11 is 0. The summed E-state index contributed by atoms with van der Waals surface area (Å²) in [4.78, 5) is 2.22. The number of hydrogen-bond donors (Lipinski definition) is 1. The Hall–Kier alpha value is -1.16. The zero-order chi connectivity index (χ0) is 14.9. The number of aliphatic hydroxyl groups excluding tert-OH is 1. The standard InChI is InChI=1S/C18H27NO2/c1-19(12-16-8-4-2-5-9-16)13-18(20)15-21-14-17-10-6-3-7-11-17/h2-4,6-7,10-11,16,18,20H,5,8-9,12-15H2,1H3. The van der Waals surface area contributed by atoms with Gasteiger partial charge in [0.25, 0.3) is 0 Å². The Balaban J connectivity index is 1.60. The van der Waals surface area contributed by atoms with E-state index in [9.17, 15) is 5.11 Å². The van der Waals surface area contributed by atoms with E-state index in [1.54, 1.807) is 0 Å². The van der Waals surface area contributed by atoms with Crippen LogP contribution in [0.2, 0.25) is 0 Å². The van der Waals surface area contributed by atoms with E-state index in [0.29, 0.717) is 19.8 Å². The maximum absolute atomic E-state index is 10.0. The first-order valence-electron chi connectivity index (χ1n) is 7.87. The van der Waals surface area contributed by atoms with Crippen LogP contribution < -0.4 is 0 Å². The Kier molecular flexibility index (Phi) is 6.93. The van der Waals surface area contributed by atoms with Gasteiger partial charge in [0.2, 0.25) is 0 Å². The molecule has 0 aliphatic heterocycles. The van der Waals surface area contributed by atoms with Crippen LogP contribution in [0.15, 0.2) is 42.5 Å². The molecule has 0 amide bonds. The third-order valence-electron chi connectivity index (χ3n) is 3.89. The first-order chi connectivity index (χ1) is 10.2. The maximum atomic E-state index is 10.0. The summed E-state index contributed by atoms with van der Waals surface area (Å²) in [6.07, 6.45) is 7.76. The van der Waals surface area contributed by atoms with Crippen LogP contribution in [-0.4, -0.2) is 42.9 Å². The highest BCUT2D eigenvalue weighted by molar-refractivity contribution is 5.13. The summed E-state index contributed by atoms with van der Waals surface area (Å²) in [6.45, 7) is 2.69. The molecule has 0 heterocycles. The Labute approximate surface area is 128 Å². The van der Waals surface area contributed by atoms with Crippen molar-refractivity contribution >= 4 is 0 Å². The second-order valence-electron chi connectivity index (χ2n) is 6.03. The minimum absolute atomic E-state index is 0.393. The second-order valence-corrected chi connectivity index (χ2v) is 6.03. The molecule has 1 aliphatic rings. The average molecular weight is 289 g/mol. The number of aliphatic hydroxyl groups is 1. The van der Waals surface area contributed by atoms with Crippen LogP contribution in [0, 0.1) is 5.92 Å². The van der Waals surface area contributed by atoms with E-state index in [1.165, 1.54) is 19.3 Å². The largest absolute Gasteiger partial charge is 0.389 e. The molecule has 21 heavy (non-hydrogen) atoms. The van der Waals surface area contributed by atoms with Crippen molar-refractivity contribution in [1.82, 2.24) is 4.90 Å². The minimum Gasteiger partial charge on any atom is -0.389 e.